The van der Waals surface area contributed by atoms with Crippen LogP contribution < -0.4 is 73.8 Å². The van der Waals surface area contributed by atoms with Crippen LogP contribution >= 0.6 is 7.82 Å². The second kappa shape index (κ2) is 13.2. The van der Waals surface area contributed by atoms with Gasteiger partial charge in [-0.2, -0.15) is 7.82 Å². The van der Waals surface area contributed by atoms with Crippen molar-refractivity contribution in [3.05, 3.63) is 0 Å². The van der Waals surface area contributed by atoms with E-state index in [0.29, 0.717) is 0 Å². The molecule has 0 atom stereocenters. The van der Waals surface area contributed by atoms with Crippen LogP contribution in [0.25, 0.3) is 0 Å². The van der Waals surface area contributed by atoms with Crippen molar-refractivity contribution in [2.24, 2.45) is 0 Å². The van der Waals surface area contributed by atoms with Crippen LogP contribution in [-0.2, 0) is 4.57 Å². The Morgan fingerprint density at radius 2 is 1.00 bits per heavy atom. The minimum Gasteiger partial charge on any atom is -0.870 e. The molecule has 0 radical (unpaired) electrons. The summed E-state index contributed by atoms with van der Waals surface area (Å²) in [4.78, 5) is 25.6. The molecular weight excluding hydrogens is 184 g/mol. The molecule has 0 saturated heterocycles. The fourth-order valence-electron chi connectivity index (χ4n) is 0. The Hall–Kier alpha value is 2.60. The molecule has 0 spiro atoms. The summed E-state index contributed by atoms with van der Waals surface area (Å²) in [5.74, 6) is 0. The van der Waals surface area contributed by atoms with Crippen LogP contribution in [0.3, 0.4) is 0 Å². The molecule has 0 saturated carbocycles. The van der Waals surface area contributed by atoms with Gasteiger partial charge in [-0.1, -0.05) is 0 Å². The molecule has 9 heteroatoms. The van der Waals surface area contributed by atoms with Crippen molar-refractivity contribution in [1.82, 2.24) is 0 Å². The quantitative estimate of drug-likeness (QED) is 0.274. The molecule has 1 N–H and O–H groups in total. The summed E-state index contributed by atoms with van der Waals surface area (Å²) in [5, 5.41) is 0. The summed E-state index contributed by atoms with van der Waals surface area (Å²) >= 11 is 0. The molecule has 0 fully saturated rings. The van der Waals surface area contributed by atoms with Gasteiger partial charge in [0.25, 0.3) is 0 Å². The molecule has 0 aliphatic rings. The molecule has 0 aliphatic heterocycles. The molecular formula is HAlNa2O5P+. The van der Waals surface area contributed by atoms with Gasteiger partial charge in [0.1, 0.15) is 0 Å². The Labute approximate surface area is 107 Å². The second-order valence-corrected chi connectivity index (χ2v) is 1.34. The van der Waals surface area contributed by atoms with Crippen molar-refractivity contribution in [2.45, 2.75) is 0 Å². The fraction of sp³-hybridized carbons (Fsp3) is 0. The summed E-state index contributed by atoms with van der Waals surface area (Å²) in [6, 6.07) is 0. The molecule has 0 aliphatic carbocycles. The average molecular weight is 185 g/mol. The van der Waals surface area contributed by atoms with Crippen LogP contribution in [0.1, 0.15) is 0 Å². The van der Waals surface area contributed by atoms with E-state index in [9.17, 15) is 0 Å². The number of phosphoric acid groups is 1. The second-order valence-electron chi connectivity index (χ2n) is 0.447. The normalized spacial score (nSPS) is 6.56. The van der Waals surface area contributed by atoms with Crippen LogP contribution in [0, 0.1) is 0 Å². The zero-order valence-corrected chi connectivity index (χ0v) is 11.2. The third-order valence-electron chi connectivity index (χ3n) is 0. The van der Waals surface area contributed by atoms with Crippen LogP contribution in [0.2, 0.25) is 0 Å². The first-order chi connectivity index (χ1) is 2.00. The Morgan fingerprint density at radius 1 is 1.00 bits per heavy atom. The van der Waals surface area contributed by atoms with Crippen molar-refractivity contribution < 1.29 is 83.8 Å². The smallest absolute Gasteiger partial charge is 0.870 e. The van der Waals surface area contributed by atoms with E-state index in [1.165, 1.54) is 0 Å². The molecule has 0 heterocycles. The monoisotopic (exact) mass is 185 g/mol. The van der Waals surface area contributed by atoms with E-state index >= 15 is 0 Å². The topological polar surface area (TPSA) is 116 Å². The van der Waals surface area contributed by atoms with Gasteiger partial charge >= 0.3 is 76.5 Å². The van der Waals surface area contributed by atoms with Gasteiger partial charge in [-0.05, 0) is 0 Å². The van der Waals surface area contributed by atoms with Crippen LogP contribution in [-0.4, -0.2) is 22.8 Å². The Balaban J connectivity index is -0.0000000133. The van der Waals surface area contributed by atoms with E-state index in [4.69, 9.17) is 19.2 Å². The van der Waals surface area contributed by atoms with Gasteiger partial charge in [0, 0.05) is 0 Å². The van der Waals surface area contributed by atoms with E-state index < -0.39 is 7.82 Å². The van der Waals surface area contributed by atoms with Crippen LogP contribution in [0.4, 0.5) is 0 Å². The largest absolute Gasteiger partial charge is 3.00 e. The SMILES string of the molecule is O=P([O-])([O-])[O-].[Al+3].[Na+].[Na+].[OH-]. The van der Waals surface area contributed by atoms with Crippen LogP contribution in [0.15, 0.2) is 0 Å². The third kappa shape index (κ3) is 116. The summed E-state index contributed by atoms with van der Waals surface area (Å²) in [7, 11) is -5.39. The van der Waals surface area contributed by atoms with E-state index in [2.05, 4.69) is 0 Å². The zero-order valence-electron chi connectivity index (χ0n) is 5.10. The third-order valence-corrected chi connectivity index (χ3v) is 0. The molecule has 0 aromatic carbocycles. The first-order valence-electron chi connectivity index (χ1n) is 0.730. The van der Waals surface area contributed by atoms with E-state index in [1.807, 2.05) is 0 Å². The minimum atomic E-state index is -5.39. The van der Waals surface area contributed by atoms with Gasteiger partial charge in [0.05, 0.1) is 0 Å². The van der Waals surface area contributed by atoms with Crippen molar-refractivity contribution in [3.63, 3.8) is 0 Å². The van der Waals surface area contributed by atoms with E-state index in [1.54, 1.807) is 0 Å². The molecule has 0 bridgehead atoms. The molecule has 0 rings (SSSR count). The van der Waals surface area contributed by atoms with Gasteiger partial charge < -0.3 is 24.7 Å². The molecule has 0 aromatic heterocycles. The molecule has 0 amide bonds. The van der Waals surface area contributed by atoms with Crippen molar-refractivity contribution in [2.75, 3.05) is 0 Å². The number of hydrogen-bond acceptors (Lipinski definition) is 5. The molecule has 9 heavy (non-hydrogen) atoms. The first-order valence-corrected chi connectivity index (χ1v) is 2.19. The molecule has 0 unspecified atom stereocenters. The summed E-state index contributed by atoms with van der Waals surface area (Å²) in [6.07, 6.45) is 0. The molecule has 5 nitrogen and oxygen atoms in total. The summed E-state index contributed by atoms with van der Waals surface area (Å²) < 4.78 is 8.55. The van der Waals surface area contributed by atoms with Crippen LogP contribution in [0.5, 0.6) is 0 Å². The summed E-state index contributed by atoms with van der Waals surface area (Å²) in [5.41, 5.74) is 0. The van der Waals surface area contributed by atoms with Gasteiger partial charge in [-0.3, -0.25) is 0 Å². The van der Waals surface area contributed by atoms with Crippen molar-refractivity contribution in [3.8, 4) is 0 Å². The maximum absolute atomic E-state index is 8.55. The molecule has 40 valence electrons. The Kier molecular flexibility index (Phi) is 43.9. The average Bonchev–Trinajstić information content (AvgIpc) is 0.722. The number of hydrogen-bond donors (Lipinski definition) is 0. The van der Waals surface area contributed by atoms with Gasteiger partial charge in [0.15, 0.2) is 0 Å². The fourth-order valence-corrected chi connectivity index (χ4v) is 0. The first kappa shape index (κ1) is 29.9. The van der Waals surface area contributed by atoms with E-state index in [-0.39, 0.29) is 82.0 Å². The number of rotatable bonds is 0. The minimum absolute atomic E-state index is 0. The zero-order chi connectivity index (χ0) is 4.50. The predicted octanol–water partition coefficient (Wildman–Crippen LogP) is -9.37. The van der Waals surface area contributed by atoms with Gasteiger partial charge in [-0.15, -0.1) is 0 Å². The molecule has 0 aromatic rings. The van der Waals surface area contributed by atoms with Crippen molar-refractivity contribution >= 4 is 25.2 Å². The summed E-state index contributed by atoms with van der Waals surface area (Å²) in [6.45, 7) is 0. The maximum atomic E-state index is 8.55. The van der Waals surface area contributed by atoms with Crippen molar-refractivity contribution in [1.29, 1.82) is 0 Å². The van der Waals surface area contributed by atoms with E-state index in [0.717, 1.165) is 0 Å². The Bertz CT molecular complexity index is 61.1. The van der Waals surface area contributed by atoms with Gasteiger partial charge in [-0.25, -0.2) is 0 Å². The maximum Gasteiger partial charge on any atom is 3.00 e. The Morgan fingerprint density at radius 3 is 1.00 bits per heavy atom. The van der Waals surface area contributed by atoms with Gasteiger partial charge in [0.2, 0.25) is 0 Å². The standard InChI is InChI=1S/Al.2Na.H3O4P.H2O/c;;;1-5(2,3)4;/h;;;(H3,1,2,3,4);1H2/q+3;2*+1;;/p-4. The predicted molar refractivity (Wildman–Crippen MR) is 15.3 cm³/mol.